The highest BCUT2D eigenvalue weighted by Gasteiger charge is 2.32. The lowest BCUT2D eigenvalue weighted by Crippen LogP contribution is -2.29. The summed E-state index contributed by atoms with van der Waals surface area (Å²) >= 11 is 11.1. The lowest BCUT2D eigenvalue weighted by atomic mass is 10.2. The second-order valence-electron chi connectivity index (χ2n) is 4.42. The average Bonchev–Trinajstić information content (AvgIpc) is 2.45. The number of amides is 1. The van der Waals surface area contributed by atoms with Crippen LogP contribution in [0.5, 0.6) is 0 Å². The molecule has 1 N–H and O–H groups in total. The summed E-state index contributed by atoms with van der Waals surface area (Å²) in [4.78, 5) is 27.4. The molecule has 0 aliphatic rings. The van der Waals surface area contributed by atoms with E-state index in [-0.39, 0.29) is 5.82 Å². The summed E-state index contributed by atoms with van der Waals surface area (Å²) < 4.78 is 38.7. The molecule has 2 aromatic rings. The van der Waals surface area contributed by atoms with Crippen LogP contribution in [-0.2, 0) is 17.5 Å². The van der Waals surface area contributed by atoms with Crippen LogP contribution in [-0.4, -0.2) is 15.5 Å². The summed E-state index contributed by atoms with van der Waals surface area (Å²) in [6, 6.07) is 3.39. The lowest BCUT2D eigenvalue weighted by Gasteiger charge is -2.11. The number of nitrogens with one attached hydrogen (secondary N) is 1. The highest BCUT2D eigenvalue weighted by atomic mass is 35.5. The van der Waals surface area contributed by atoms with Crippen LogP contribution >= 0.6 is 23.2 Å². The van der Waals surface area contributed by atoms with Crippen molar-refractivity contribution >= 4 is 34.9 Å². The molecule has 1 amide bonds. The van der Waals surface area contributed by atoms with E-state index in [0.717, 1.165) is 0 Å². The van der Waals surface area contributed by atoms with Gasteiger partial charge in [0.25, 0.3) is 5.56 Å². The molecule has 0 aliphatic carbocycles. The quantitative estimate of drug-likeness (QED) is 0.908. The van der Waals surface area contributed by atoms with Gasteiger partial charge in [-0.15, -0.1) is 0 Å². The molecule has 0 atom stereocenters. The van der Waals surface area contributed by atoms with Gasteiger partial charge in [0.1, 0.15) is 17.4 Å². The Morgan fingerprint density at radius 2 is 2.00 bits per heavy atom. The van der Waals surface area contributed by atoms with Gasteiger partial charge in [0.2, 0.25) is 5.91 Å². The van der Waals surface area contributed by atoms with Crippen LogP contribution in [0.4, 0.5) is 19.0 Å². The summed E-state index contributed by atoms with van der Waals surface area (Å²) in [5, 5.41) is 2.05. The first-order valence-electron chi connectivity index (χ1n) is 6.05. The van der Waals surface area contributed by atoms with Crippen LogP contribution < -0.4 is 10.9 Å². The van der Waals surface area contributed by atoms with E-state index in [4.69, 9.17) is 23.2 Å². The Morgan fingerprint density at radius 1 is 1.30 bits per heavy atom. The smallest absolute Gasteiger partial charge is 0.309 e. The van der Waals surface area contributed by atoms with Crippen LogP contribution in [0.15, 0.2) is 35.4 Å². The number of halogens is 5. The minimum absolute atomic E-state index is 0.144. The van der Waals surface area contributed by atoms with E-state index >= 15 is 0 Å². The Labute approximate surface area is 137 Å². The summed E-state index contributed by atoms with van der Waals surface area (Å²) in [5.41, 5.74) is -2.03. The minimum atomic E-state index is -4.69. The number of pyridine rings is 2. The molecule has 23 heavy (non-hydrogen) atoms. The van der Waals surface area contributed by atoms with Crippen molar-refractivity contribution in [3.8, 4) is 0 Å². The molecule has 0 bridgehead atoms. The average molecular weight is 366 g/mol. The fraction of sp³-hybridized carbons (Fsp3) is 0.154. The molecule has 0 saturated heterocycles. The molecule has 2 heterocycles. The molecule has 2 rings (SSSR count). The normalized spacial score (nSPS) is 11.3. The maximum Gasteiger partial charge on any atom is 0.417 e. The van der Waals surface area contributed by atoms with Crippen LogP contribution in [0.25, 0.3) is 0 Å². The topological polar surface area (TPSA) is 64.0 Å². The van der Waals surface area contributed by atoms with Crippen molar-refractivity contribution in [1.29, 1.82) is 0 Å². The van der Waals surface area contributed by atoms with Crippen molar-refractivity contribution in [2.75, 3.05) is 5.32 Å². The number of anilines is 1. The summed E-state index contributed by atoms with van der Waals surface area (Å²) in [5.74, 6) is -0.595. The third-order valence-corrected chi connectivity index (χ3v) is 3.17. The monoisotopic (exact) mass is 365 g/mol. The number of aromatic nitrogens is 2. The van der Waals surface area contributed by atoms with Crippen LogP contribution in [0, 0.1) is 0 Å². The van der Waals surface area contributed by atoms with Crippen molar-refractivity contribution in [3.63, 3.8) is 0 Å². The van der Waals surface area contributed by atoms with Crippen molar-refractivity contribution in [3.05, 3.63) is 56.6 Å². The predicted molar refractivity (Wildman–Crippen MR) is 78.6 cm³/mol. The molecule has 0 radical (unpaired) electrons. The van der Waals surface area contributed by atoms with E-state index < -0.39 is 34.8 Å². The Hall–Kier alpha value is -2.06. The minimum Gasteiger partial charge on any atom is -0.309 e. The second-order valence-corrected chi connectivity index (χ2v) is 5.26. The van der Waals surface area contributed by atoms with Gasteiger partial charge in [-0.3, -0.25) is 9.59 Å². The Balaban J connectivity index is 2.22. The van der Waals surface area contributed by atoms with Crippen LogP contribution in [0.1, 0.15) is 5.56 Å². The Morgan fingerprint density at radius 3 is 2.57 bits per heavy atom. The van der Waals surface area contributed by atoms with E-state index in [1.807, 2.05) is 0 Å². The first-order valence-corrected chi connectivity index (χ1v) is 6.81. The van der Waals surface area contributed by atoms with E-state index in [9.17, 15) is 22.8 Å². The number of hydrogen-bond acceptors (Lipinski definition) is 3. The Bertz CT molecular complexity index is 789. The number of nitrogens with zero attached hydrogens (tertiary/aromatic N) is 2. The number of hydrogen-bond donors (Lipinski definition) is 1. The molecule has 0 fully saturated rings. The Kier molecular flexibility index (Phi) is 4.96. The van der Waals surface area contributed by atoms with Gasteiger partial charge in [-0.2, -0.15) is 13.2 Å². The molecule has 2 aromatic heterocycles. The molecule has 0 saturated carbocycles. The predicted octanol–water partition coefficient (Wildman–Crippen LogP) is 3.21. The maximum atomic E-state index is 12.7. The van der Waals surface area contributed by atoms with E-state index in [0.29, 0.717) is 21.9 Å². The lowest BCUT2D eigenvalue weighted by molar-refractivity contribution is -0.138. The number of carbonyl (C=O) groups is 1. The van der Waals surface area contributed by atoms with Crippen molar-refractivity contribution in [2.24, 2.45) is 0 Å². The summed E-state index contributed by atoms with van der Waals surface area (Å²) in [6.45, 7) is -0.646. The van der Waals surface area contributed by atoms with Crippen molar-refractivity contribution in [2.45, 2.75) is 12.7 Å². The van der Waals surface area contributed by atoms with Gasteiger partial charge in [0.15, 0.2) is 0 Å². The zero-order chi connectivity index (χ0) is 17.2. The molecular weight excluding hydrogens is 358 g/mol. The third-order valence-electron chi connectivity index (χ3n) is 2.68. The summed E-state index contributed by atoms with van der Waals surface area (Å²) in [7, 11) is 0. The van der Waals surface area contributed by atoms with Crippen LogP contribution in [0.3, 0.4) is 0 Å². The number of rotatable bonds is 3. The number of carbonyl (C=O) groups excluding carboxylic acids is 1. The van der Waals surface area contributed by atoms with Crippen LogP contribution in [0.2, 0.25) is 10.0 Å². The molecular formula is C13H8Cl2F3N3O2. The zero-order valence-corrected chi connectivity index (χ0v) is 12.7. The highest BCUT2D eigenvalue weighted by molar-refractivity contribution is 6.30. The molecule has 5 nitrogen and oxygen atoms in total. The molecule has 10 heteroatoms. The van der Waals surface area contributed by atoms with E-state index in [2.05, 4.69) is 10.3 Å². The molecule has 0 unspecified atom stereocenters. The van der Waals surface area contributed by atoms with Gasteiger partial charge in [0, 0.05) is 12.4 Å². The first kappa shape index (κ1) is 17.3. The van der Waals surface area contributed by atoms with Gasteiger partial charge in [-0.1, -0.05) is 23.2 Å². The molecule has 0 aromatic carbocycles. The molecule has 0 spiro atoms. The highest BCUT2D eigenvalue weighted by Crippen LogP contribution is 2.29. The fourth-order valence-corrected chi connectivity index (χ4v) is 2.00. The standard InChI is InChI=1S/C13H8Cl2F3N3O2/c14-8-1-2-10(19-4-8)20-11(22)6-21-5-7(13(16,17)18)3-9(15)12(21)23/h1-5H,6H2,(H,19,20,22). The van der Waals surface area contributed by atoms with Gasteiger partial charge in [0.05, 0.1) is 10.6 Å². The van der Waals surface area contributed by atoms with Crippen molar-refractivity contribution < 1.29 is 18.0 Å². The second kappa shape index (κ2) is 6.59. The van der Waals surface area contributed by atoms with Gasteiger partial charge >= 0.3 is 6.18 Å². The number of alkyl halides is 3. The molecule has 0 aliphatic heterocycles. The summed E-state index contributed by atoms with van der Waals surface area (Å²) in [6.07, 6.45) is -2.87. The van der Waals surface area contributed by atoms with Gasteiger partial charge in [-0.05, 0) is 18.2 Å². The largest absolute Gasteiger partial charge is 0.417 e. The zero-order valence-electron chi connectivity index (χ0n) is 11.2. The van der Waals surface area contributed by atoms with Gasteiger partial charge < -0.3 is 9.88 Å². The maximum absolute atomic E-state index is 12.7. The fourth-order valence-electron chi connectivity index (χ4n) is 1.66. The van der Waals surface area contributed by atoms with E-state index in [1.165, 1.54) is 18.3 Å². The SMILES string of the molecule is O=C(Cn1cc(C(F)(F)F)cc(Cl)c1=O)Nc1ccc(Cl)cn1. The van der Waals surface area contributed by atoms with E-state index in [1.54, 1.807) is 0 Å². The first-order chi connectivity index (χ1) is 10.7. The van der Waals surface area contributed by atoms with Gasteiger partial charge in [-0.25, -0.2) is 4.98 Å². The van der Waals surface area contributed by atoms with Crippen molar-refractivity contribution in [1.82, 2.24) is 9.55 Å². The third kappa shape index (κ3) is 4.46. The molecule has 122 valence electrons.